The monoisotopic (exact) mass is 270 g/mol. The highest BCUT2D eigenvalue weighted by Gasteiger charge is 2.32. The van der Waals surface area contributed by atoms with E-state index in [9.17, 15) is 4.79 Å². The van der Waals surface area contributed by atoms with E-state index >= 15 is 0 Å². The standard InChI is InChI=1S/C14H26N2O3/c1-11(9-14(2)18-7-8-19-14)10-16-13(17)12-3-5-15-6-4-12/h11-12,15H,3-10H2,1-2H3,(H,16,17). The predicted octanol–water partition coefficient (Wildman–Crippen LogP) is 0.891. The topological polar surface area (TPSA) is 59.6 Å². The quantitative estimate of drug-likeness (QED) is 0.779. The van der Waals surface area contributed by atoms with Crippen LogP contribution in [0.1, 0.15) is 33.1 Å². The van der Waals surface area contributed by atoms with Crippen LogP contribution in [0.2, 0.25) is 0 Å². The first-order valence-electron chi connectivity index (χ1n) is 7.35. The van der Waals surface area contributed by atoms with Crippen molar-refractivity contribution in [2.75, 3.05) is 32.8 Å². The molecule has 0 saturated carbocycles. The molecule has 110 valence electrons. The minimum Gasteiger partial charge on any atom is -0.356 e. The van der Waals surface area contributed by atoms with Gasteiger partial charge >= 0.3 is 0 Å². The molecule has 1 atom stereocenters. The van der Waals surface area contributed by atoms with E-state index in [1.165, 1.54) is 0 Å². The Morgan fingerprint density at radius 2 is 2.00 bits per heavy atom. The van der Waals surface area contributed by atoms with Crippen molar-refractivity contribution in [1.29, 1.82) is 0 Å². The zero-order valence-electron chi connectivity index (χ0n) is 12.0. The van der Waals surface area contributed by atoms with Gasteiger partial charge < -0.3 is 20.1 Å². The maximum Gasteiger partial charge on any atom is 0.223 e. The molecule has 5 nitrogen and oxygen atoms in total. The van der Waals surface area contributed by atoms with Crippen LogP contribution in [-0.2, 0) is 14.3 Å². The highest BCUT2D eigenvalue weighted by atomic mass is 16.7. The molecule has 1 amide bonds. The number of rotatable bonds is 5. The predicted molar refractivity (Wildman–Crippen MR) is 72.7 cm³/mol. The molecule has 2 aliphatic heterocycles. The molecule has 19 heavy (non-hydrogen) atoms. The number of carbonyl (C=O) groups excluding carboxylic acids is 1. The van der Waals surface area contributed by atoms with Crippen LogP contribution in [0.25, 0.3) is 0 Å². The third-order valence-corrected chi connectivity index (χ3v) is 3.95. The molecule has 0 spiro atoms. The molecular formula is C14H26N2O3. The third kappa shape index (κ3) is 4.44. The summed E-state index contributed by atoms with van der Waals surface area (Å²) in [5.41, 5.74) is 0. The Bertz CT molecular complexity index is 297. The summed E-state index contributed by atoms with van der Waals surface area (Å²) in [4.78, 5) is 12.0. The molecule has 0 aromatic heterocycles. The van der Waals surface area contributed by atoms with E-state index in [0.29, 0.717) is 25.7 Å². The Labute approximate surface area is 115 Å². The van der Waals surface area contributed by atoms with Gasteiger partial charge in [-0.1, -0.05) is 6.92 Å². The van der Waals surface area contributed by atoms with Crippen LogP contribution in [0, 0.1) is 11.8 Å². The minimum absolute atomic E-state index is 0.183. The largest absolute Gasteiger partial charge is 0.356 e. The van der Waals surface area contributed by atoms with Crippen molar-refractivity contribution in [1.82, 2.24) is 10.6 Å². The van der Waals surface area contributed by atoms with E-state index in [-0.39, 0.29) is 11.8 Å². The van der Waals surface area contributed by atoms with Crippen molar-refractivity contribution >= 4 is 5.91 Å². The molecule has 0 radical (unpaired) electrons. The van der Waals surface area contributed by atoms with Crippen molar-refractivity contribution < 1.29 is 14.3 Å². The number of ether oxygens (including phenoxy) is 2. The molecule has 1 unspecified atom stereocenters. The van der Waals surface area contributed by atoms with Crippen LogP contribution in [0.15, 0.2) is 0 Å². The highest BCUT2D eigenvalue weighted by molar-refractivity contribution is 5.78. The normalized spacial score (nSPS) is 25.2. The smallest absolute Gasteiger partial charge is 0.223 e. The molecular weight excluding hydrogens is 244 g/mol. The fraction of sp³-hybridized carbons (Fsp3) is 0.929. The molecule has 2 N–H and O–H groups in total. The Balaban J connectivity index is 1.67. The van der Waals surface area contributed by atoms with Crippen LogP contribution in [-0.4, -0.2) is 44.5 Å². The first-order valence-corrected chi connectivity index (χ1v) is 7.35. The highest BCUT2D eigenvalue weighted by Crippen LogP contribution is 2.26. The summed E-state index contributed by atoms with van der Waals surface area (Å²) < 4.78 is 11.2. The summed E-state index contributed by atoms with van der Waals surface area (Å²) in [6.45, 7) is 8.05. The zero-order chi connectivity index (χ0) is 13.7. The van der Waals surface area contributed by atoms with Crippen molar-refractivity contribution in [2.24, 2.45) is 11.8 Å². The van der Waals surface area contributed by atoms with Crippen molar-refractivity contribution in [3.8, 4) is 0 Å². The van der Waals surface area contributed by atoms with Crippen LogP contribution < -0.4 is 10.6 Å². The first kappa shape index (κ1) is 14.8. The van der Waals surface area contributed by atoms with Gasteiger partial charge in [0.2, 0.25) is 5.91 Å². The van der Waals surface area contributed by atoms with Crippen LogP contribution in [0.4, 0.5) is 0 Å². The Morgan fingerprint density at radius 3 is 2.63 bits per heavy atom. The second kappa shape index (κ2) is 6.68. The molecule has 0 aromatic carbocycles. The summed E-state index contributed by atoms with van der Waals surface area (Å²) >= 11 is 0. The lowest BCUT2D eigenvalue weighted by Crippen LogP contribution is -2.40. The van der Waals surface area contributed by atoms with Crippen molar-refractivity contribution in [2.45, 2.75) is 38.9 Å². The molecule has 0 aromatic rings. The van der Waals surface area contributed by atoms with Gasteiger partial charge in [0.1, 0.15) is 0 Å². The molecule has 2 fully saturated rings. The number of nitrogens with one attached hydrogen (secondary N) is 2. The van der Waals surface area contributed by atoms with Gasteiger partial charge in [-0.25, -0.2) is 0 Å². The zero-order valence-corrected chi connectivity index (χ0v) is 12.0. The van der Waals surface area contributed by atoms with Gasteiger partial charge in [0.15, 0.2) is 5.79 Å². The average Bonchev–Trinajstić information content (AvgIpc) is 2.83. The molecule has 2 aliphatic rings. The van der Waals surface area contributed by atoms with Crippen molar-refractivity contribution in [3.63, 3.8) is 0 Å². The van der Waals surface area contributed by atoms with Gasteiger partial charge in [0.05, 0.1) is 13.2 Å². The fourth-order valence-corrected chi connectivity index (χ4v) is 2.88. The van der Waals surface area contributed by atoms with E-state index in [4.69, 9.17) is 9.47 Å². The second-order valence-electron chi connectivity index (χ2n) is 5.91. The van der Waals surface area contributed by atoms with Crippen molar-refractivity contribution in [3.05, 3.63) is 0 Å². The number of carbonyl (C=O) groups is 1. The van der Waals surface area contributed by atoms with Gasteiger partial charge in [-0.15, -0.1) is 0 Å². The number of piperidine rings is 1. The first-order chi connectivity index (χ1) is 9.09. The van der Waals surface area contributed by atoms with Gasteiger partial charge in [0.25, 0.3) is 0 Å². The Hall–Kier alpha value is -0.650. The summed E-state index contributed by atoms with van der Waals surface area (Å²) in [6, 6.07) is 0. The molecule has 2 rings (SSSR count). The summed E-state index contributed by atoms with van der Waals surface area (Å²) in [5.74, 6) is 0.280. The second-order valence-corrected chi connectivity index (χ2v) is 5.91. The summed E-state index contributed by atoms with van der Waals surface area (Å²) in [6.07, 6.45) is 2.72. The SMILES string of the molecule is CC(CNC(=O)C1CCNCC1)CC1(C)OCCO1. The molecule has 0 bridgehead atoms. The van der Waals surface area contributed by atoms with E-state index < -0.39 is 5.79 Å². The number of hydrogen-bond acceptors (Lipinski definition) is 4. The van der Waals surface area contributed by atoms with Gasteiger partial charge in [-0.2, -0.15) is 0 Å². The van der Waals surface area contributed by atoms with Crippen LogP contribution >= 0.6 is 0 Å². The maximum atomic E-state index is 12.0. The summed E-state index contributed by atoms with van der Waals surface area (Å²) in [7, 11) is 0. The molecule has 5 heteroatoms. The lowest BCUT2D eigenvalue weighted by Gasteiger charge is -2.27. The fourth-order valence-electron chi connectivity index (χ4n) is 2.88. The van der Waals surface area contributed by atoms with E-state index in [0.717, 1.165) is 32.4 Å². The molecule has 2 saturated heterocycles. The van der Waals surface area contributed by atoms with Crippen LogP contribution in [0.3, 0.4) is 0 Å². The van der Waals surface area contributed by atoms with Gasteiger partial charge in [0, 0.05) is 18.9 Å². The van der Waals surface area contributed by atoms with E-state index in [2.05, 4.69) is 17.6 Å². The molecule has 0 aliphatic carbocycles. The lowest BCUT2D eigenvalue weighted by molar-refractivity contribution is -0.154. The molecule has 2 heterocycles. The Morgan fingerprint density at radius 1 is 1.37 bits per heavy atom. The average molecular weight is 270 g/mol. The Kier molecular flexibility index (Phi) is 5.19. The lowest BCUT2D eigenvalue weighted by atomic mass is 9.96. The van der Waals surface area contributed by atoms with Gasteiger partial charge in [-0.3, -0.25) is 4.79 Å². The van der Waals surface area contributed by atoms with E-state index in [1.807, 2.05) is 6.92 Å². The number of hydrogen-bond donors (Lipinski definition) is 2. The summed E-state index contributed by atoms with van der Waals surface area (Å²) in [5, 5.41) is 6.34. The third-order valence-electron chi connectivity index (χ3n) is 3.95. The number of amides is 1. The maximum absolute atomic E-state index is 12.0. The van der Waals surface area contributed by atoms with E-state index in [1.54, 1.807) is 0 Å². The van der Waals surface area contributed by atoms with Crippen LogP contribution in [0.5, 0.6) is 0 Å². The minimum atomic E-state index is -0.459. The van der Waals surface area contributed by atoms with Gasteiger partial charge in [-0.05, 0) is 38.8 Å².